The summed E-state index contributed by atoms with van der Waals surface area (Å²) >= 11 is 0. The number of aryl methyl sites for hydroxylation is 1. The summed E-state index contributed by atoms with van der Waals surface area (Å²) in [4.78, 5) is 38.2. The van der Waals surface area contributed by atoms with Crippen LogP contribution in [0.1, 0.15) is 32.7 Å². The number of rotatable bonds is 8. The zero-order chi connectivity index (χ0) is 20.1. The van der Waals surface area contributed by atoms with Gasteiger partial charge >= 0.3 is 0 Å². The summed E-state index contributed by atoms with van der Waals surface area (Å²) in [6.07, 6.45) is 0.0131. The number of ether oxygens (including phenoxy) is 2. The highest BCUT2D eigenvalue weighted by Gasteiger charge is 2.35. The van der Waals surface area contributed by atoms with Crippen molar-refractivity contribution >= 4 is 23.4 Å². The second-order valence-electron chi connectivity index (χ2n) is 6.48. The third kappa shape index (κ3) is 4.37. The van der Waals surface area contributed by atoms with Crippen LogP contribution in [-0.4, -0.2) is 49.5 Å². The van der Waals surface area contributed by atoms with E-state index in [4.69, 9.17) is 9.47 Å². The van der Waals surface area contributed by atoms with Crippen molar-refractivity contribution in [1.82, 2.24) is 4.90 Å². The van der Waals surface area contributed by atoms with Crippen molar-refractivity contribution in [1.29, 1.82) is 0 Å². The molecule has 3 rings (SSSR count). The molecule has 0 fully saturated rings. The number of amides is 3. The molecule has 7 heteroatoms. The minimum absolute atomic E-state index is 0.0131. The van der Waals surface area contributed by atoms with Crippen molar-refractivity contribution in [2.24, 2.45) is 0 Å². The number of benzene rings is 2. The Labute approximate surface area is 163 Å². The summed E-state index contributed by atoms with van der Waals surface area (Å²) in [6.45, 7) is 2.77. The fourth-order valence-corrected chi connectivity index (χ4v) is 2.95. The molecule has 1 aliphatic heterocycles. The highest BCUT2D eigenvalue weighted by Crippen LogP contribution is 2.24. The number of imide groups is 1. The van der Waals surface area contributed by atoms with E-state index in [9.17, 15) is 14.4 Å². The van der Waals surface area contributed by atoms with E-state index in [1.54, 1.807) is 49.6 Å². The standard InChI is InChI=1S/C21H22N2O5/c1-14-6-7-17-18(12-14)21(26)23(20(17)25)9-8-19(24)22-15-4-3-5-16(13-15)28-11-10-27-2/h3-7,12-13H,8-11H2,1-2H3,(H,22,24). The zero-order valence-corrected chi connectivity index (χ0v) is 15.9. The van der Waals surface area contributed by atoms with Crippen LogP contribution >= 0.6 is 0 Å². The molecule has 3 amide bonds. The molecule has 28 heavy (non-hydrogen) atoms. The van der Waals surface area contributed by atoms with Crippen LogP contribution in [0, 0.1) is 6.92 Å². The summed E-state index contributed by atoms with van der Waals surface area (Å²) < 4.78 is 10.4. The van der Waals surface area contributed by atoms with Crippen molar-refractivity contribution in [3.8, 4) is 5.75 Å². The van der Waals surface area contributed by atoms with Gasteiger partial charge in [0.15, 0.2) is 0 Å². The third-order valence-electron chi connectivity index (χ3n) is 4.36. The van der Waals surface area contributed by atoms with Gasteiger partial charge in [-0.2, -0.15) is 0 Å². The lowest BCUT2D eigenvalue weighted by Gasteiger charge is -2.14. The van der Waals surface area contributed by atoms with Crippen molar-refractivity contribution in [3.05, 3.63) is 59.2 Å². The summed E-state index contributed by atoms with van der Waals surface area (Å²) in [5.74, 6) is -0.390. The molecule has 0 aliphatic carbocycles. The predicted molar refractivity (Wildman–Crippen MR) is 104 cm³/mol. The molecule has 0 saturated carbocycles. The highest BCUT2D eigenvalue weighted by atomic mass is 16.5. The Kier molecular flexibility index (Phi) is 6.06. The maximum atomic E-state index is 12.4. The number of nitrogens with zero attached hydrogens (tertiary/aromatic N) is 1. The van der Waals surface area contributed by atoms with E-state index in [0.29, 0.717) is 35.8 Å². The van der Waals surface area contributed by atoms with Crippen molar-refractivity contribution < 1.29 is 23.9 Å². The fourth-order valence-electron chi connectivity index (χ4n) is 2.95. The Balaban J connectivity index is 1.56. The van der Waals surface area contributed by atoms with Crippen molar-refractivity contribution in [3.63, 3.8) is 0 Å². The number of carbonyl (C=O) groups excluding carboxylic acids is 3. The van der Waals surface area contributed by atoms with Crippen molar-refractivity contribution in [2.75, 3.05) is 32.2 Å². The van der Waals surface area contributed by atoms with Gasteiger partial charge in [-0.1, -0.05) is 17.7 Å². The Morgan fingerprint density at radius 1 is 1.04 bits per heavy atom. The molecule has 0 bridgehead atoms. The summed E-state index contributed by atoms with van der Waals surface area (Å²) in [7, 11) is 1.59. The topological polar surface area (TPSA) is 84.9 Å². The quantitative estimate of drug-likeness (QED) is 0.560. The van der Waals surface area contributed by atoms with Gasteiger partial charge < -0.3 is 14.8 Å². The normalized spacial score (nSPS) is 12.9. The minimum Gasteiger partial charge on any atom is -0.491 e. The van der Waals surface area contributed by atoms with Crippen LogP contribution in [-0.2, 0) is 9.53 Å². The first-order chi connectivity index (χ1) is 13.5. The van der Waals surface area contributed by atoms with Gasteiger partial charge in [0.2, 0.25) is 5.91 Å². The maximum Gasteiger partial charge on any atom is 0.261 e. The molecular weight excluding hydrogens is 360 g/mol. The Bertz CT molecular complexity index is 909. The molecule has 2 aromatic carbocycles. The SMILES string of the molecule is COCCOc1cccc(NC(=O)CCN2C(=O)c3ccc(C)cc3C2=O)c1. The molecule has 1 aliphatic rings. The molecule has 2 aromatic rings. The molecule has 0 saturated heterocycles. The van der Waals surface area contributed by atoms with Gasteiger partial charge in [-0.25, -0.2) is 0 Å². The van der Waals surface area contributed by atoms with Gasteiger partial charge in [-0.3, -0.25) is 19.3 Å². The lowest BCUT2D eigenvalue weighted by molar-refractivity contribution is -0.116. The second-order valence-corrected chi connectivity index (χ2v) is 6.48. The van der Waals surface area contributed by atoms with Crippen LogP contribution in [0.5, 0.6) is 5.75 Å². The summed E-state index contributed by atoms with van der Waals surface area (Å²) in [5, 5.41) is 2.76. The molecular formula is C21H22N2O5. The van der Waals surface area contributed by atoms with E-state index in [0.717, 1.165) is 10.5 Å². The van der Waals surface area contributed by atoms with E-state index in [1.165, 1.54) is 0 Å². The smallest absolute Gasteiger partial charge is 0.261 e. The predicted octanol–water partition coefficient (Wildman–Crippen LogP) is 2.65. The third-order valence-corrected chi connectivity index (χ3v) is 4.36. The molecule has 0 aromatic heterocycles. The molecule has 146 valence electrons. The van der Waals surface area contributed by atoms with E-state index < -0.39 is 0 Å². The Hall–Kier alpha value is -3.19. The Morgan fingerprint density at radius 2 is 1.82 bits per heavy atom. The molecule has 0 spiro atoms. The summed E-state index contributed by atoms with van der Waals surface area (Å²) in [6, 6.07) is 12.1. The van der Waals surface area contributed by atoms with Gasteiger partial charge in [0.25, 0.3) is 11.8 Å². The van der Waals surface area contributed by atoms with Crippen LogP contribution < -0.4 is 10.1 Å². The number of nitrogens with one attached hydrogen (secondary N) is 1. The van der Waals surface area contributed by atoms with Gasteiger partial charge in [-0.15, -0.1) is 0 Å². The van der Waals surface area contributed by atoms with Crippen LogP contribution in [0.3, 0.4) is 0 Å². The molecule has 0 unspecified atom stereocenters. The molecule has 0 atom stereocenters. The monoisotopic (exact) mass is 382 g/mol. The average molecular weight is 382 g/mol. The lowest BCUT2D eigenvalue weighted by Crippen LogP contribution is -2.32. The first-order valence-corrected chi connectivity index (χ1v) is 8.98. The van der Waals surface area contributed by atoms with Gasteiger partial charge in [0, 0.05) is 31.8 Å². The lowest BCUT2D eigenvalue weighted by atomic mass is 10.1. The number of anilines is 1. The first-order valence-electron chi connectivity index (χ1n) is 8.98. The van der Waals surface area contributed by atoms with Crippen LogP contribution in [0.15, 0.2) is 42.5 Å². The number of carbonyl (C=O) groups is 3. The highest BCUT2D eigenvalue weighted by molar-refractivity contribution is 6.21. The van der Waals surface area contributed by atoms with Gasteiger partial charge in [0.05, 0.1) is 17.7 Å². The van der Waals surface area contributed by atoms with Crippen LogP contribution in [0.4, 0.5) is 5.69 Å². The minimum atomic E-state index is -0.360. The van der Waals surface area contributed by atoms with Gasteiger partial charge in [0.1, 0.15) is 12.4 Å². The first kappa shape index (κ1) is 19.6. The second kappa shape index (κ2) is 8.67. The van der Waals surface area contributed by atoms with E-state index in [2.05, 4.69) is 5.32 Å². The molecule has 0 radical (unpaired) electrons. The summed E-state index contributed by atoms with van der Waals surface area (Å²) in [5.41, 5.74) is 2.27. The fraction of sp³-hybridized carbons (Fsp3) is 0.286. The molecule has 1 N–H and O–H groups in total. The largest absolute Gasteiger partial charge is 0.491 e. The van der Waals surface area contributed by atoms with E-state index in [1.807, 2.05) is 6.92 Å². The van der Waals surface area contributed by atoms with Gasteiger partial charge in [-0.05, 0) is 31.2 Å². The van der Waals surface area contributed by atoms with Crippen LogP contribution in [0.2, 0.25) is 0 Å². The zero-order valence-electron chi connectivity index (χ0n) is 15.9. The maximum absolute atomic E-state index is 12.4. The molecule has 7 nitrogen and oxygen atoms in total. The number of fused-ring (bicyclic) bond motifs is 1. The van der Waals surface area contributed by atoms with E-state index >= 15 is 0 Å². The number of hydrogen-bond donors (Lipinski definition) is 1. The van der Waals surface area contributed by atoms with Crippen LogP contribution in [0.25, 0.3) is 0 Å². The molecule has 1 heterocycles. The van der Waals surface area contributed by atoms with E-state index in [-0.39, 0.29) is 30.7 Å². The Morgan fingerprint density at radius 3 is 2.61 bits per heavy atom. The van der Waals surface area contributed by atoms with Crippen molar-refractivity contribution in [2.45, 2.75) is 13.3 Å². The average Bonchev–Trinajstić information content (AvgIpc) is 2.90. The number of hydrogen-bond acceptors (Lipinski definition) is 5. The number of methoxy groups -OCH3 is 1.